The molecule has 0 unspecified atom stereocenters. The van der Waals surface area contributed by atoms with Gasteiger partial charge in [-0.2, -0.15) is 0 Å². The number of nitrogens with one attached hydrogen (secondary N) is 2. The molecule has 1 saturated heterocycles. The zero-order chi connectivity index (χ0) is 20.3. The first-order valence-electron chi connectivity index (χ1n) is 10.4. The van der Waals surface area contributed by atoms with Gasteiger partial charge in [0.15, 0.2) is 0 Å². The Bertz CT molecular complexity index is 764. The number of carbonyl (C=O) groups is 3. The summed E-state index contributed by atoms with van der Waals surface area (Å²) >= 11 is 0. The average Bonchev–Trinajstić information content (AvgIpc) is 2.85. The first-order chi connectivity index (χ1) is 13.3. The number of nitrogens with zero attached hydrogens (tertiary/aromatic N) is 1. The van der Waals surface area contributed by atoms with E-state index < -0.39 is 11.6 Å². The van der Waals surface area contributed by atoms with E-state index in [2.05, 4.69) is 24.5 Å². The first-order valence-corrected chi connectivity index (χ1v) is 10.4. The number of para-hydroxylation sites is 1. The van der Waals surface area contributed by atoms with Crippen LogP contribution in [0.3, 0.4) is 0 Å². The van der Waals surface area contributed by atoms with Gasteiger partial charge in [0, 0.05) is 5.69 Å². The Morgan fingerprint density at radius 1 is 1.14 bits per heavy atom. The summed E-state index contributed by atoms with van der Waals surface area (Å²) in [4.78, 5) is 39.3. The largest absolute Gasteiger partial charge is 0.325 e. The molecule has 1 aliphatic carbocycles. The van der Waals surface area contributed by atoms with Gasteiger partial charge in [-0.25, -0.2) is 4.79 Å². The average molecular weight is 386 g/mol. The number of carbonyl (C=O) groups excluding carboxylic acids is 3. The third-order valence-corrected chi connectivity index (χ3v) is 5.95. The van der Waals surface area contributed by atoms with Crippen molar-refractivity contribution in [1.82, 2.24) is 10.2 Å². The van der Waals surface area contributed by atoms with E-state index in [0.29, 0.717) is 12.8 Å². The van der Waals surface area contributed by atoms with Crippen LogP contribution in [0.5, 0.6) is 0 Å². The highest BCUT2D eigenvalue weighted by molar-refractivity contribution is 6.10. The molecule has 2 fully saturated rings. The van der Waals surface area contributed by atoms with Crippen LogP contribution in [0.25, 0.3) is 0 Å². The van der Waals surface area contributed by atoms with Gasteiger partial charge in [-0.15, -0.1) is 0 Å². The number of urea groups is 1. The van der Waals surface area contributed by atoms with Crippen LogP contribution in [-0.2, 0) is 9.59 Å². The summed E-state index contributed by atoms with van der Waals surface area (Å²) in [5.41, 5.74) is 1.97. The van der Waals surface area contributed by atoms with Crippen LogP contribution in [0.15, 0.2) is 18.2 Å². The molecule has 4 amide bonds. The number of imide groups is 1. The van der Waals surface area contributed by atoms with Crippen molar-refractivity contribution in [2.24, 2.45) is 0 Å². The summed E-state index contributed by atoms with van der Waals surface area (Å²) in [5, 5.41) is 5.83. The Kier molecular flexibility index (Phi) is 6.06. The van der Waals surface area contributed by atoms with Crippen molar-refractivity contribution in [2.75, 3.05) is 11.9 Å². The Hall–Kier alpha value is -2.37. The van der Waals surface area contributed by atoms with Gasteiger partial charge in [0.2, 0.25) is 5.91 Å². The van der Waals surface area contributed by atoms with Gasteiger partial charge >= 0.3 is 6.03 Å². The molecule has 1 heterocycles. The number of benzene rings is 1. The van der Waals surface area contributed by atoms with E-state index in [9.17, 15) is 14.4 Å². The molecular formula is C22H31N3O3. The summed E-state index contributed by atoms with van der Waals surface area (Å²) in [6, 6.07) is 5.45. The number of amides is 4. The third kappa shape index (κ3) is 4.05. The van der Waals surface area contributed by atoms with Crippen molar-refractivity contribution in [3.8, 4) is 0 Å². The van der Waals surface area contributed by atoms with E-state index in [1.165, 1.54) is 6.42 Å². The lowest BCUT2D eigenvalue weighted by atomic mass is 9.84. The molecule has 1 spiro atoms. The zero-order valence-corrected chi connectivity index (χ0v) is 17.1. The Morgan fingerprint density at radius 3 is 2.43 bits per heavy atom. The molecular weight excluding hydrogens is 354 g/mol. The molecule has 0 atom stereocenters. The maximum atomic E-state index is 13.1. The number of hydrogen-bond donors (Lipinski definition) is 2. The molecule has 6 heteroatoms. The van der Waals surface area contributed by atoms with E-state index in [1.54, 1.807) is 0 Å². The van der Waals surface area contributed by atoms with Crippen LogP contribution >= 0.6 is 0 Å². The fourth-order valence-electron chi connectivity index (χ4n) is 4.33. The van der Waals surface area contributed by atoms with Crippen LogP contribution in [0, 0.1) is 6.92 Å². The van der Waals surface area contributed by atoms with E-state index in [-0.39, 0.29) is 24.3 Å². The highest BCUT2D eigenvalue weighted by Gasteiger charge is 2.50. The smallest absolute Gasteiger partial charge is 0.324 e. The summed E-state index contributed by atoms with van der Waals surface area (Å²) in [6.07, 6.45) is 6.50. The molecule has 2 aliphatic rings. The first kappa shape index (κ1) is 20.4. The summed E-state index contributed by atoms with van der Waals surface area (Å²) in [7, 11) is 0. The summed E-state index contributed by atoms with van der Waals surface area (Å²) in [6.45, 7) is 5.83. The minimum atomic E-state index is -0.816. The second kappa shape index (κ2) is 8.33. The van der Waals surface area contributed by atoms with Crippen LogP contribution in [0.4, 0.5) is 10.5 Å². The molecule has 28 heavy (non-hydrogen) atoms. The molecule has 6 nitrogen and oxygen atoms in total. The number of hydrogen-bond acceptors (Lipinski definition) is 3. The van der Waals surface area contributed by atoms with Gasteiger partial charge < -0.3 is 10.6 Å². The van der Waals surface area contributed by atoms with Crippen molar-refractivity contribution in [1.29, 1.82) is 0 Å². The van der Waals surface area contributed by atoms with Crippen molar-refractivity contribution in [3.05, 3.63) is 29.3 Å². The Morgan fingerprint density at radius 2 is 1.79 bits per heavy atom. The fourth-order valence-corrected chi connectivity index (χ4v) is 4.33. The quantitative estimate of drug-likeness (QED) is 0.766. The molecule has 1 saturated carbocycles. The molecule has 1 aromatic rings. The molecule has 0 bridgehead atoms. The lowest BCUT2D eigenvalue weighted by molar-refractivity contribution is -0.134. The zero-order valence-electron chi connectivity index (χ0n) is 17.1. The minimum Gasteiger partial charge on any atom is -0.324 e. The second-order valence-electron chi connectivity index (χ2n) is 8.41. The van der Waals surface area contributed by atoms with Crippen molar-refractivity contribution < 1.29 is 14.4 Å². The SMILES string of the molecule is Cc1cccc(C(C)C)c1NC(=O)CN1C(=O)NC2(CCCCCCC2)C1=O. The van der Waals surface area contributed by atoms with Crippen LogP contribution in [0.2, 0.25) is 0 Å². The van der Waals surface area contributed by atoms with Crippen LogP contribution in [0.1, 0.15) is 75.8 Å². The van der Waals surface area contributed by atoms with E-state index in [0.717, 1.165) is 47.4 Å². The molecule has 3 rings (SSSR count). The third-order valence-electron chi connectivity index (χ3n) is 5.95. The van der Waals surface area contributed by atoms with Crippen LogP contribution in [-0.4, -0.2) is 34.8 Å². The molecule has 2 N–H and O–H groups in total. The van der Waals surface area contributed by atoms with Gasteiger partial charge in [0.25, 0.3) is 5.91 Å². The lowest BCUT2D eigenvalue weighted by Crippen LogP contribution is -2.47. The molecule has 0 aromatic heterocycles. The minimum absolute atomic E-state index is 0.247. The van der Waals surface area contributed by atoms with Crippen molar-refractivity contribution >= 4 is 23.5 Å². The van der Waals surface area contributed by atoms with Gasteiger partial charge in [-0.3, -0.25) is 14.5 Å². The van der Waals surface area contributed by atoms with Gasteiger partial charge in [0.1, 0.15) is 12.1 Å². The van der Waals surface area contributed by atoms with Crippen LogP contribution < -0.4 is 10.6 Å². The highest BCUT2D eigenvalue weighted by Crippen LogP contribution is 2.32. The molecule has 152 valence electrons. The molecule has 0 radical (unpaired) electrons. The highest BCUT2D eigenvalue weighted by atomic mass is 16.2. The normalized spacial score (nSPS) is 19.5. The van der Waals surface area contributed by atoms with Gasteiger partial charge in [0.05, 0.1) is 0 Å². The predicted molar refractivity (Wildman–Crippen MR) is 109 cm³/mol. The van der Waals surface area contributed by atoms with E-state index in [1.807, 2.05) is 25.1 Å². The van der Waals surface area contributed by atoms with E-state index >= 15 is 0 Å². The summed E-state index contributed by atoms with van der Waals surface area (Å²) < 4.78 is 0. The van der Waals surface area contributed by atoms with Crippen molar-refractivity contribution in [3.63, 3.8) is 0 Å². The number of aryl methyl sites for hydroxylation is 1. The Balaban J connectivity index is 1.72. The Labute approximate surface area is 167 Å². The maximum absolute atomic E-state index is 13.1. The van der Waals surface area contributed by atoms with Crippen molar-refractivity contribution in [2.45, 2.75) is 77.2 Å². The standard InChI is InChI=1S/C22H31N3O3/c1-15(2)17-11-9-10-16(3)19(17)23-18(26)14-25-20(27)22(24-21(25)28)12-7-5-4-6-8-13-22/h9-11,15H,4-8,12-14H2,1-3H3,(H,23,26)(H,24,28). The molecule has 1 aromatic carbocycles. The van der Waals surface area contributed by atoms with E-state index in [4.69, 9.17) is 0 Å². The number of anilines is 1. The summed E-state index contributed by atoms with van der Waals surface area (Å²) in [5.74, 6) is -0.337. The second-order valence-corrected chi connectivity index (χ2v) is 8.41. The monoisotopic (exact) mass is 385 g/mol. The maximum Gasteiger partial charge on any atom is 0.325 e. The topological polar surface area (TPSA) is 78.5 Å². The van der Waals surface area contributed by atoms with Gasteiger partial charge in [-0.05, 0) is 36.8 Å². The lowest BCUT2D eigenvalue weighted by Gasteiger charge is -2.28. The fraction of sp³-hybridized carbons (Fsp3) is 0.591. The van der Waals surface area contributed by atoms with Gasteiger partial charge in [-0.1, -0.05) is 64.2 Å². The molecule has 1 aliphatic heterocycles. The predicted octanol–water partition coefficient (Wildman–Crippen LogP) is 4.09. The number of rotatable bonds is 4.